The van der Waals surface area contributed by atoms with Gasteiger partial charge in [0.05, 0.1) is 53.0 Å². The Kier molecular flexibility index (Phi) is 14.5. The average molecular weight is 877 g/mol. The van der Waals surface area contributed by atoms with Crippen LogP contribution in [-0.2, 0) is 23.8 Å². The molecule has 6 N–H and O–H groups in total. The number of allylic oxidation sites excluding steroid dienone is 2. The standard InChI is InChI=1S/C47H64N4O12/c1-24-13-12-14-25(2)46(59)49-37-32(23-48-51-20-18-50(19-21-51)31-15-10-11-16-31)41(56)34-35(42(37)57)40(55)29(6)44-36(34)45(58)47(8,63-44)61-22-17-33(60-9)26(3)43(62-30(7)52)28(5)39(54)27(4)38(24)53/h12-14,17,22-24,26-28,31,33,38-39,43,53-57H,10-11,15-16,18-21H2,1-9H3,(H,49,59)/b13-12+,22-17+,25-14-,48-23-/t24-,26+,27+,28+,33+,38-,39+,43+,47-/m0/s1. The number of hydrazone groups is 1. The summed E-state index contributed by atoms with van der Waals surface area (Å²) in [5.74, 6) is -8.28. The lowest BCUT2D eigenvalue weighted by atomic mass is 9.78. The second-order valence-electron chi connectivity index (χ2n) is 17.8. The number of anilines is 1. The second-order valence-corrected chi connectivity index (χ2v) is 17.8. The fourth-order valence-electron chi connectivity index (χ4n) is 9.47. The molecule has 2 aromatic carbocycles. The highest BCUT2D eigenvalue weighted by Gasteiger charge is 2.50. The van der Waals surface area contributed by atoms with Crippen molar-refractivity contribution >= 4 is 40.3 Å². The molecule has 1 amide bonds. The fraction of sp³-hybridized carbons (Fsp3) is 0.574. The number of phenols is 3. The summed E-state index contributed by atoms with van der Waals surface area (Å²) in [4.78, 5) is 43.2. The highest BCUT2D eigenvalue weighted by molar-refractivity contribution is 6.23. The molecule has 2 aromatic rings. The lowest BCUT2D eigenvalue weighted by molar-refractivity contribution is -0.160. The third-order valence-electron chi connectivity index (χ3n) is 13.5. The van der Waals surface area contributed by atoms with E-state index in [0.717, 1.165) is 13.1 Å². The van der Waals surface area contributed by atoms with Crippen LogP contribution in [0.3, 0.4) is 0 Å². The Hall–Kier alpha value is -5.16. The van der Waals surface area contributed by atoms with Crippen molar-refractivity contribution in [2.45, 2.75) is 117 Å². The Morgan fingerprint density at radius 1 is 0.921 bits per heavy atom. The number of aliphatic hydroxyl groups excluding tert-OH is 2. The summed E-state index contributed by atoms with van der Waals surface area (Å²) in [7, 11) is 1.44. The number of fused-ring (bicyclic) bond motifs is 14. The van der Waals surface area contributed by atoms with E-state index < -0.39 is 88.8 Å². The molecule has 16 nitrogen and oxygen atoms in total. The van der Waals surface area contributed by atoms with Crippen molar-refractivity contribution in [3.05, 3.63) is 52.8 Å². The molecule has 0 spiro atoms. The van der Waals surface area contributed by atoms with Gasteiger partial charge in [-0.25, -0.2) is 0 Å². The monoisotopic (exact) mass is 876 g/mol. The van der Waals surface area contributed by atoms with E-state index in [2.05, 4.69) is 15.3 Å². The van der Waals surface area contributed by atoms with Crippen molar-refractivity contribution in [3.8, 4) is 23.0 Å². The minimum absolute atomic E-state index is 0.0631. The highest BCUT2D eigenvalue weighted by Crippen LogP contribution is 2.55. The Morgan fingerprint density at radius 3 is 2.22 bits per heavy atom. The quantitative estimate of drug-likeness (QED) is 0.0926. The molecule has 9 atom stereocenters. The number of hydrogen-bond donors (Lipinski definition) is 6. The minimum Gasteiger partial charge on any atom is -0.507 e. The topological polar surface area (TPSA) is 220 Å². The van der Waals surface area contributed by atoms with Gasteiger partial charge < -0.3 is 49.8 Å². The number of nitrogens with one attached hydrogen (secondary N) is 1. The van der Waals surface area contributed by atoms with Gasteiger partial charge in [0, 0.05) is 93.4 Å². The lowest BCUT2D eigenvalue weighted by Crippen LogP contribution is -2.47. The van der Waals surface area contributed by atoms with Crippen molar-refractivity contribution in [1.82, 2.24) is 9.91 Å². The number of carbonyl (C=O) groups excluding carboxylic acids is 3. The number of rotatable bonds is 5. The summed E-state index contributed by atoms with van der Waals surface area (Å²) in [6.07, 6.45) is 9.75. The number of benzene rings is 2. The summed E-state index contributed by atoms with van der Waals surface area (Å²) >= 11 is 0. The van der Waals surface area contributed by atoms with Gasteiger partial charge in [-0.3, -0.25) is 24.3 Å². The van der Waals surface area contributed by atoms with E-state index in [4.69, 9.17) is 18.9 Å². The smallest absolute Gasteiger partial charge is 0.312 e. The summed E-state index contributed by atoms with van der Waals surface area (Å²) in [5, 5.41) is 67.6. The first-order valence-corrected chi connectivity index (χ1v) is 21.9. The van der Waals surface area contributed by atoms with Gasteiger partial charge >= 0.3 is 11.8 Å². The number of esters is 1. The molecule has 1 saturated carbocycles. The predicted octanol–water partition coefficient (Wildman–Crippen LogP) is 5.65. The molecule has 7 rings (SSSR count). The number of ketones is 1. The number of carbonyl (C=O) groups is 3. The molecule has 2 fully saturated rings. The van der Waals surface area contributed by atoms with Gasteiger partial charge in [-0.2, -0.15) is 5.10 Å². The van der Waals surface area contributed by atoms with Gasteiger partial charge in [0.2, 0.25) is 0 Å². The first-order valence-electron chi connectivity index (χ1n) is 21.9. The molecule has 16 heteroatoms. The number of aliphatic hydroxyl groups is 2. The van der Waals surface area contributed by atoms with Gasteiger partial charge in [0.25, 0.3) is 11.7 Å². The van der Waals surface area contributed by atoms with E-state index in [-0.39, 0.29) is 44.5 Å². The zero-order chi connectivity index (χ0) is 46.1. The largest absolute Gasteiger partial charge is 0.507 e. The molecule has 1 aliphatic carbocycles. The maximum Gasteiger partial charge on any atom is 0.312 e. The van der Waals surface area contributed by atoms with E-state index in [0.29, 0.717) is 19.1 Å². The van der Waals surface area contributed by atoms with Crippen molar-refractivity contribution in [2.75, 3.05) is 38.6 Å². The Balaban J connectivity index is 1.47. The first-order chi connectivity index (χ1) is 29.8. The molecule has 5 bridgehead atoms. The molecule has 5 aliphatic rings. The zero-order valence-electron chi connectivity index (χ0n) is 37.8. The summed E-state index contributed by atoms with van der Waals surface area (Å²) in [5.41, 5.74) is -0.293. The number of aromatic hydroxyl groups is 3. The van der Waals surface area contributed by atoms with Gasteiger partial charge in [0.15, 0.2) is 5.75 Å². The number of piperazine rings is 1. The van der Waals surface area contributed by atoms with Crippen molar-refractivity contribution in [2.24, 2.45) is 28.8 Å². The van der Waals surface area contributed by atoms with Crippen LogP contribution in [0.5, 0.6) is 23.0 Å². The lowest BCUT2D eigenvalue weighted by Gasteiger charge is -2.38. The van der Waals surface area contributed by atoms with Gasteiger partial charge in [-0.1, -0.05) is 58.8 Å². The molecular formula is C47H64N4O12. The van der Waals surface area contributed by atoms with Crippen LogP contribution in [0.15, 0.2) is 41.2 Å². The van der Waals surface area contributed by atoms with Crippen molar-refractivity contribution in [1.29, 1.82) is 0 Å². The van der Waals surface area contributed by atoms with Crippen LogP contribution < -0.4 is 10.1 Å². The molecule has 4 heterocycles. The third-order valence-corrected chi connectivity index (χ3v) is 13.5. The van der Waals surface area contributed by atoms with Crippen molar-refractivity contribution < 1.29 is 58.9 Å². The van der Waals surface area contributed by atoms with Crippen LogP contribution in [0.2, 0.25) is 0 Å². The Morgan fingerprint density at radius 2 is 1.59 bits per heavy atom. The summed E-state index contributed by atoms with van der Waals surface area (Å²) in [6.45, 7) is 15.4. The normalized spacial score (nSPS) is 32.4. The van der Waals surface area contributed by atoms with Crippen LogP contribution in [-0.4, -0.2) is 129 Å². The molecule has 1 saturated heterocycles. The number of methoxy groups -OCH3 is 1. The van der Waals surface area contributed by atoms with Crippen LogP contribution in [0.4, 0.5) is 5.69 Å². The van der Waals surface area contributed by atoms with Gasteiger partial charge in [-0.05, 0) is 32.8 Å². The number of hydrogen-bond acceptors (Lipinski definition) is 15. The second kappa shape index (κ2) is 19.3. The van der Waals surface area contributed by atoms with E-state index in [1.165, 1.54) is 85.1 Å². The zero-order valence-corrected chi connectivity index (χ0v) is 37.8. The van der Waals surface area contributed by atoms with Crippen LogP contribution in [0.25, 0.3) is 10.8 Å². The summed E-state index contributed by atoms with van der Waals surface area (Å²) in [6, 6.07) is 0.553. The average Bonchev–Trinajstić information content (AvgIpc) is 3.89. The van der Waals surface area contributed by atoms with E-state index in [1.807, 2.05) is 5.01 Å². The van der Waals surface area contributed by atoms with E-state index >= 15 is 0 Å². The molecule has 0 aromatic heterocycles. The third kappa shape index (κ3) is 9.40. The maximum absolute atomic E-state index is 14.5. The molecule has 0 unspecified atom stereocenters. The molecule has 63 heavy (non-hydrogen) atoms. The van der Waals surface area contributed by atoms with E-state index in [9.17, 15) is 39.9 Å². The fourth-order valence-corrected chi connectivity index (χ4v) is 9.47. The van der Waals surface area contributed by atoms with Crippen LogP contribution in [0.1, 0.15) is 95.6 Å². The number of phenolic OH excluding ortho intramolecular Hbond substituents is 3. The SMILES string of the molecule is CO[C@@H]1/C=C/O[C@@]2(C)Oc3c(C)c(O)c4c(O)c(c(/C=N\N5CCN(C6CCCC6)CC5)c(O)c4c3C2=O)NC(=O)/C(C)=C\C=C\[C@H](C)[C@H](O)[C@@H](C)[C@@H](O)[C@@H](C)[C@H](OC(C)=O)[C@@H]1C. The first kappa shape index (κ1) is 47.3. The van der Waals surface area contributed by atoms with Crippen LogP contribution in [0, 0.1) is 30.6 Å². The predicted molar refractivity (Wildman–Crippen MR) is 237 cm³/mol. The number of nitrogens with zero attached hydrogens (tertiary/aromatic N) is 3. The number of Topliss-reactive ketones (excluding diaryl/α,β-unsaturated/α-hetero) is 1. The maximum atomic E-state index is 14.5. The van der Waals surface area contributed by atoms with Gasteiger partial charge in [0.1, 0.15) is 23.4 Å². The molecule has 0 radical (unpaired) electrons. The highest BCUT2D eigenvalue weighted by atomic mass is 16.7. The Labute approximate surface area is 368 Å². The Bertz CT molecular complexity index is 2190. The molecular weight excluding hydrogens is 813 g/mol. The van der Waals surface area contributed by atoms with Gasteiger partial charge in [-0.15, -0.1) is 0 Å². The number of amides is 1. The van der Waals surface area contributed by atoms with Crippen molar-refractivity contribution in [3.63, 3.8) is 0 Å². The van der Waals surface area contributed by atoms with Crippen LogP contribution >= 0.6 is 0 Å². The summed E-state index contributed by atoms with van der Waals surface area (Å²) < 4.78 is 23.7. The molecule has 4 aliphatic heterocycles. The minimum atomic E-state index is -2.04. The molecule has 344 valence electrons. The van der Waals surface area contributed by atoms with E-state index in [1.54, 1.807) is 39.8 Å². The number of ether oxygens (including phenoxy) is 4.